The van der Waals surface area contributed by atoms with E-state index in [4.69, 9.17) is 14.6 Å². The molecular formula is C22H22N2O9. The van der Waals surface area contributed by atoms with Gasteiger partial charge in [0.05, 0.1) is 43.5 Å². The fraction of sp³-hybridized carbons (Fsp3) is 0.273. The van der Waals surface area contributed by atoms with E-state index < -0.39 is 28.4 Å². The van der Waals surface area contributed by atoms with Crippen molar-refractivity contribution in [1.82, 2.24) is 4.90 Å². The van der Waals surface area contributed by atoms with Gasteiger partial charge in [-0.25, -0.2) is 0 Å². The number of aliphatic hydroxyl groups excluding tert-OH is 2. The molecular weight excluding hydrogens is 436 g/mol. The first-order chi connectivity index (χ1) is 15.8. The van der Waals surface area contributed by atoms with Gasteiger partial charge in [-0.1, -0.05) is 6.07 Å². The van der Waals surface area contributed by atoms with Gasteiger partial charge in [-0.3, -0.25) is 19.7 Å². The van der Waals surface area contributed by atoms with E-state index in [1.165, 1.54) is 54.5 Å². The van der Waals surface area contributed by atoms with Gasteiger partial charge in [-0.15, -0.1) is 0 Å². The molecule has 3 rings (SSSR count). The zero-order valence-electron chi connectivity index (χ0n) is 17.6. The molecule has 1 saturated heterocycles. The summed E-state index contributed by atoms with van der Waals surface area (Å²) in [5.41, 5.74) is 0.0805. The Hall–Kier alpha value is -3.96. The van der Waals surface area contributed by atoms with Crippen molar-refractivity contribution in [1.29, 1.82) is 0 Å². The fourth-order valence-electron chi connectivity index (χ4n) is 3.55. The van der Waals surface area contributed by atoms with E-state index in [0.29, 0.717) is 5.56 Å². The standard InChI is InChI=1S/C22H22N2O9/c1-32-17-12-14(4-7-16(17)26)19-18(20(27)13-2-5-15(6-3-13)24(30)31)21(28)22(29)23(19)8-10-33-11-9-25/h2-7,12,19,25-27H,8-11H2,1H3. The van der Waals surface area contributed by atoms with Crippen molar-refractivity contribution in [2.45, 2.75) is 6.04 Å². The zero-order valence-corrected chi connectivity index (χ0v) is 17.6. The number of nitro benzene ring substituents is 1. The quantitative estimate of drug-likeness (QED) is 0.127. The Kier molecular flexibility index (Phi) is 7.26. The maximum atomic E-state index is 12.9. The van der Waals surface area contributed by atoms with Crippen LogP contribution >= 0.6 is 0 Å². The highest BCUT2D eigenvalue weighted by molar-refractivity contribution is 6.46. The lowest BCUT2D eigenvalue weighted by Crippen LogP contribution is -2.33. The van der Waals surface area contributed by atoms with Gasteiger partial charge in [0.1, 0.15) is 5.76 Å². The fourth-order valence-corrected chi connectivity index (χ4v) is 3.55. The zero-order chi connectivity index (χ0) is 24.1. The van der Waals surface area contributed by atoms with Crippen LogP contribution in [0, 0.1) is 10.1 Å². The summed E-state index contributed by atoms with van der Waals surface area (Å²) in [6.45, 7) is -0.158. The van der Waals surface area contributed by atoms with Crippen LogP contribution in [0.2, 0.25) is 0 Å². The van der Waals surface area contributed by atoms with Crippen molar-refractivity contribution in [3.8, 4) is 11.5 Å². The molecule has 1 fully saturated rings. The van der Waals surface area contributed by atoms with Crippen LogP contribution in [-0.4, -0.2) is 70.3 Å². The molecule has 11 heteroatoms. The van der Waals surface area contributed by atoms with Crippen LogP contribution in [0.1, 0.15) is 17.2 Å². The highest BCUT2D eigenvalue weighted by Gasteiger charge is 2.46. The minimum absolute atomic E-state index is 0.0184. The largest absolute Gasteiger partial charge is 0.507 e. The molecule has 0 spiro atoms. The van der Waals surface area contributed by atoms with Gasteiger partial charge in [0, 0.05) is 24.2 Å². The van der Waals surface area contributed by atoms with E-state index in [1.54, 1.807) is 0 Å². The molecule has 33 heavy (non-hydrogen) atoms. The predicted molar refractivity (Wildman–Crippen MR) is 115 cm³/mol. The van der Waals surface area contributed by atoms with Gasteiger partial charge in [0.15, 0.2) is 11.5 Å². The van der Waals surface area contributed by atoms with Gasteiger partial charge in [0.2, 0.25) is 0 Å². The average molecular weight is 458 g/mol. The molecule has 0 aliphatic carbocycles. The Balaban J connectivity index is 2.10. The molecule has 2 aromatic rings. The molecule has 0 bridgehead atoms. The number of hydrogen-bond acceptors (Lipinski definition) is 9. The molecule has 0 aromatic heterocycles. The number of ether oxygens (including phenoxy) is 2. The number of benzene rings is 2. The van der Waals surface area contributed by atoms with E-state index >= 15 is 0 Å². The topological polar surface area (TPSA) is 160 Å². The predicted octanol–water partition coefficient (Wildman–Crippen LogP) is 1.74. The smallest absolute Gasteiger partial charge is 0.295 e. The molecule has 0 radical (unpaired) electrons. The second-order valence-electron chi connectivity index (χ2n) is 7.06. The molecule has 1 atom stereocenters. The summed E-state index contributed by atoms with van der Waals surface area (Å²) in [6.07, 6.45) is 0. The number of methoxy groups -OCH3 is 1. The molecule has 1 heterocycles. The van der Waals surface area contributed by atoms with Crippen LogP contribution in [0.15, 0.2) is 48.0 Å². The number of amides is 1. The van der Waals surface area contributed by atoms with E-state index in [9.17, 15) is 29.9 Å². The molecule has 0 saturated carbocycles. The Morgan fingerprint density at radius 2 is 1.85 bits per heavy atom. The number of nitro groups is 1. The Bertz CT molecular complexity index is 1100. The number of aromatic hydroxyl groups is 1. The maximum Gasteiger partial charge on any atom is 0.295 e. The Labute approximate surface area is 188 Å². The second kappa shape index (κ2) is 10.1. The molecule has 1 unspecified atom stereocenters. The first-order valence-electron chi connectivity index (χ1n) is 9.88. The van der Waals surface area contributed by atoms with Crippen LogP contribution in [0.25, 0.3) is 5.76 Å². The Morgan fingerprint density at radius 3 is 2.45 bits per heavy atom. The van der Waals surface area contributed by atoms with Crippen LogP contribution in [0.5, 0.6) is 11.5 Å². The number of phenols is 1. The summed E-state index contributed by atoms with van der Waals surface area (Å²) in [5, 5.41) is 40.7. The summed E-state index contributed by atoms with van der Waals surface area (Å²) in [4.78, 5) is 37.3. The third-order valence-corrected chi connectivity index (χ3v) is 5.12. The number of nitrogens with zero attached hydrogens (tertiary/aromatic N) is 2. The number of non-ortho nitro benzene ring substituents is 1. The first-order valence-corrected chi connectivity index (χ1v) is 9.88. The minimum atomic E-state index is -1.03. The van der Waals surface area contributed by atoms with Crippen molar-refractivity contribution in [2.24, 2.45) is 0 Å². The van der Waals surface area contributed by atoms with Gasteiger partial charge < -0.3 is 29.7 Å². The van der Waals surface area contributed by atoms with Crippen LogP contribution in [0.4, 0.5) is 5.69 Å². The third-order valence-electron chi connectivity index (χ3n) is 5.12. The summed E-state index contributed by atoms with van der Waals surface area (Å²) in [6, 6.07) is 8.13. The number of hydrogen-bond donors (Lipinski definition) is 3. The van der Waals surface area contributed by atoms with Crippen LogP contribution in [0.3, 0.4) is 0 Å². The van der Waals surface area contributed by atoms with Gasteiger partial charge in [0.25, 0.3) is 17.4 Å². The molecule has 1 aliphatic heterocycles. The normalized spacial score (nSPS) is 17.4. The summed E-state index contributed by atoms with van der Waals surface area (Å²) in [7, 11) is 1.34. The van der Waals surface area contributed by atoms with E-state index in [2.05, 4.69) is 0 Å². The van der Waals surface area contributed by atoms with Gasteiger partial charge >= 0.3 is 0 Å². The monoisotopic (exact) mass is 458 g/mol. The highest BCUT2D eigenvalue weighted by Crippen LogP contribution is 2.41. The number of likely N-dealkylation sites (tertiary alicyclic amines) is 1. The van der Waals surface area contributed by atoms with Crippen LogP contribution < -0.4 is 4.74 Å². The van der Waals surface area contributed by atoms with Crippen molar-refractivity contribution in [2.75, 3.05) is 33.5 Å². The van der Waals surface area contributed by atoms with Crippen molar-refractivity contribution in [3.05, 3.63) is 69.3 Å². The minimum Gasteiger partial charge on any atom is -0.507 e. The lowest BCUT2D eigenvalue weighted by atomic mass is 9.95. The lowest BCUT2D eigenvalue weighted by Gasteiger charge is -2.25. The van der Waals surface area contributed by atoms with E-state index in [1.807, 2.05) is 0 Å². The summed E-state index contributed by atoms with van der Waals surface area (Å²) >= 11 is 0. The number of rotatable bonds is 9. The Morgan fingerprint density at radius 1 is 1.15 bits per heavy atom. The third kappa shape index (κ3) is 4.78. The van der Waals surface area contributed by atoms with E-state index in [0.717, 1.165) is 0 Å². The number of aliphatic hydroxyl groups is 2. The van der Waals surface area contributed by atoms with Crippen LogP contribution in [-0.2, 0) is 14.3 Å². The van der Waals surface area contributed by atoms with Crippen molar-refractivity contribution in [3.63, 3.8) is 0 Å². The maximum absolute atomic E-state index is 12.9. The molecule has 11 nitrogen and oxygen atoms in total. The summed E-state index contributed by atoms with van der Waals surface area (Å²) in [5.74, 6) is -2.36. The molecule has 174 valence electrons. The summed E-state index contributed by atoms with van der Waals surface area (Å²) < 4.78 is 10.4. The molecule has 2 aromatic carbocycles. The lowest BCUT2D eigenvalue weighted by molar-refractivity contribution is -0.384. The molecule has 1 aliphatic rings. The highest BCUT2D eigenvalue weighted by atomic mass is 16.6. The number of ketones is 1. The molecule has 3 N–H and O–H groups in total. The van der Waals surface area contributed by atoms with Gasteiger partial charge in [-0.05, 0) is 29.8 Å². The SMILES string of the molecule is COc1cc(C2C(=C(O)c3ccc([N+](=O)[O-])cc3)C(=O)C(=O)N2CCOCCO)ccc1O. The second-order valence-corrected chi connectivity index (χ2v) is 7.06. The van der Waals surface area contributed by atoms with E-state index in [-0.39, 0.29) is 54.7 Å². The number of Topliss-reactive ketones (excluding diaryl/α,β-unsaturated/α-hetero) is 1. The average Bonchev–Trinajstić information content (AvgIpc) is 3.06. The van der Waals surface area contributed by atoms with Crippen molar-refractivity contribution >= 4 is 23.1 Å². The van der Waals surface area contributed by atoms with Gasteiger partial charge in [-0.2, -0.15) is 0 Å². The first kappa shape index (κ1) is 23.7. The molecule has 1 amide bonds. The number of carbonyl (C=O) groups is 2. The van der Waals surface area contributed by atoms with Crippen molar-refractivity contribution < 1.29 is 39.3 Å². The number of carbonyl (C=O) groups excluding carboxylic acids is 2. The number of phenolic OH excluding ortho intramolecular Hbond substituents is 1.